The molecule has 0 saturated heterocycles. The number of thioether (sulfide) groups is 1. The van der Waals surface area contributed by atoms with Gasteiger partial charge in [0.15, 0.2) is 0 Å². The topological polar surface area (TPSA) is 12.4 Å². The van der Waals surface area contributed by atoms with Crippen LogP contribution in [0.4, 0.5) is 0 Å². The van der Waals surface area contributed by atoms with E-state index in [1.165, 1.54) is 16.7 Å². The lowest BCUT2D eigenvalue weighted by atomic mass is 10.1. The van der Waals surface area contributed by atoms with Crippen LogP contribution in [0.25, 0.3) is 0 Å². The molecule has 0 spiro atoms. The summed E-state index contributed by atoms with van der Waals surface area (Å²) in [5, 5.41) is 1.09. The molecule has 0 aliphatic heterocycles. The molecule has 0 aromatic heterocycles. The first-order valence-corrected chi connectivity index (χ1v) is 8.89. The summed E-state index contributed by atoms with van der Waals surface area (Å²) >= 11 is 5.34. The van der Waals surface area contributed by atoms with Crippen LogP contribution in [0.15, 0.2) is 68.8 Å². The van der Waals surface area contributed by atoms with Crippen LogP contribution in [0.3, 0.4) is 0 Å². The van der Waals surface area contributed by atoms with E-state index in [1.807, 2.05) is 6.07 Å². The van der Waals surface area contributed by atoms with Gasteiger partial charge in [-0.15, -0.1) is 11.8 Å². The van der Waals surface area contributed by atoms with Gasteiger partial charge >= 0.3 is 0 Å². The maximum Gasteiger partial charge on any atom is 0.104 e. The molecule has 3 heteroatoms. The fourth-order valence-electron chi connectivity index (χ4n) is 2.10. The van der Waals surface area contributed by atoms with Gasteiger partial charge < -0.3 is 0 Å². The molecule has 1 aliphatic carbocycles. The SMILES string of the molecule is CCSC(=NC1=C(C)C=CC=C(C)C1)c1cccc(Br)c1. The van der Waals surface area contributed by atoms with Gasteiger partial charge in [0.05, 0.1) is 0 Å². The molecule has 0 saturated carbocycles. The molecular weight excluding hydrogens is 342 g/mol. The molecule has 110 valence electrons. The first-order valence-electron chi connectivity index (χ1n) is 7.11. The minimum atomic E-state index is 0.917. The minimum absolute atomic E-state index is 0.917. The van der Waals surface area contributed by atoms with Gasteiger partial charge in [0.1, 0.15) is 5.04 Å². The molecule has 0 unspecified atom stereocenters. The second-order valence-corrected chi connectivity index (χ2v) is 7.21. The summed E-state index contributed by atoms with van der Waals surface area (Å²) in [5.74, 6) is 1.02. The minimum Gasteiger partial charge on any atom is -0.245 e. The molecule has 0 atom stereocenters. The van der Waals surface area contributed by atoms with Gasteiger partial charge in [-0.25, -0.2) is 4.99 Å². The predicted octanol–water partition coefficient (Wildman–Crippen LogP) is 6.13. The van der Waals surface area contributed by atoms with E-state index in [4.69, 9.17) is 4.99 Å². The van der Waals surface area contributed by atoms with Crippen LogP contribution in [0.2, 0.25) is 0 Å². The molecule has 1 aromatic carbocycles. The number of hydrogen-bond donors (Lipinski definition) is 0. The Morgan fingerprint density at radius 3 is 2.86 bits per heavy atom. The third-order valence-electron chi connectivity index (χ3n) is 3.22. The van der Waals surface area contributed by atoms with E-state index in [0.717, 1.165) is 27.4 Å². The van der Waals surface area contributed by atoms with Crippen LogP contribution in [-0.2, 0) is 0 Å². The Bertz CT molecular complexity index is 638. The summed E-state index contributed by atoms with van der Waals surface area (Å²) in [6.07, 6.45) is 7.34. The lowest BCUT2D eigenvalue weighted by Gasteiger charge is -2.10. The Morgan fingerprint density at radius 2 is 2.14 bits per heavy atom. The zero-order valence-corrected chi connectivity index (χ0v) is 15.1. The fourth-order valence-corrected chi connectivity index (χ4v) is 3.25. The second-order valence-electron chi connectivity index (χ2n) is 5.04. The molecule has 0 heterocycles. The van der Waals surface area contributed by atoms with E-state index in [-0.39, 0.29) is 0 Å². The van der Waals surface area contributed by atoms with Crippen molar-refractivity contribution < 1.29 is 0 Å². The summed E-state index contributed by atoms with van der Waals surface area (Å²) in [6.45, 7) is 6.46. The van der Waals surface area contributed by atoms with Crippen LogP contribution < -0.4 is 0 Å². The van der Waals surface area contributed by atoms with Gasteiger partial charge in [0.25, 0.3) is 0 Å². The van der Waals surface area contributed by atoms with E-state index >= 15 is 0 Å². The maximum atomic E-state index is 4.97. The van der Waals surface area contributed by atoms with Crippen molar-refractivity contribution >= 4 is 32.7 Å². The third kappa shape index (κ3) is 4.72. The van der Waals surface area contributed by atoms with Crippen molar-refractivity contribution in [3.63, 3.8) is 0 Å². The molecule has 0 N–H and O–H groups in total. The van der Waals surface area contributed by atoms with Gasteiger partial charge in [-0.1, -0.05) is 58.8 Å². The van der Waals surface area contributed by atoms with Gasteiger partial charge in [0.2, 0.25) is 0 Å². The van der Waals surface area contributed by atoms with E-state index < -0.39 is 0 Å². The molecule has 1 aliphatic rings. The molecule has 0 amide bonds. The zero-order chi connectivity index (χ0) is 15.2. The highest BCUT2D eigenvalue weighted by molar-refractivity contribution is 9.10. The standard InChI is InChI=1S/C18H20BrNS/c1-4-21-18(15-9-6-10-16(19)12-15)20-17-11-13(2)7-5-8-14(17)3/h5-10,12H,4,11H2,1-3H3. The lowest BCUT2D eigenvalue weighted by molar-refractivity contribution is 1.06. The highest BCUT2D eigenvalue weighted by Crippen LogP contribution is 2.25. The van der Waals surface area contributed by atoms with Gasteiger partial charge in [-0.3, -0.25) is 0 Å². The van der Waals surface area contributed by atoms with E-state index in [0.29, 0.717) is 0 Å². The lowest BCUT2D eigenvalue weighted by Crippen LogP contribution is -1.99. The Morgan fingerprint density at radius 1 is 1.33 bits per heavy atom. The largest absolute Gasteiger partial charge is 0.245 e. The fraction of sp³-hybridized carbons (Fsp3) is 0.278. The van der Waals surface area contributed by atoms with Crippen molar-refractivity contribution in [2.75, 3.05) is 5.75 Å². The second kappa shape index (κ2) is 7.81. The van der Waals surface area contributed by atoms with Gasteiger partial charge in [-0.05, 0) is 37.3 Å². The molecule has 2 rings (SSSR count). The summed E-state index contributed by atoms with van der Waals surface area (Å²) in [5.41, 5.74) is 4.92. The quantitative estimate of drug-likeness (QED) is 0.465. The van der Waals surface area contributed by atoms with Crippen LogP contribution in [0, 0.1) is 0 Å². The van der Waals surface area contributed by atoms with Crippen LogP contribution in [-0.4, -0.2) is 10.8 Å². The number of benzene rings is 1. The van der Waals surface area contributed by atoms with Gasteiger partial charge in [-0.2, -0.15) is 0 Å². The molecule has 0 bridgehead atoms. The first kappa shape index (κ1) is 16.3. The Kier molecular flexibility index (Phi) is 6.07. The van der Waals surface area contributed by atoms with Crippen LogP contribution in [0.1, 0.15) is 32.8 Å². The molecular formula is C18H20BrNS. The zero-order valence-electron chi connectivity index (χ0n) is 12.7. The summed E-state index contributed by atoms with van der Waals surface area (Å²) in [4.78, 5) is 4.97. The summed E-state index contributed by atoms with van der Waals surface area (Å²) < 4.78 is 1.09. The summed E-state index contributed by atoms with van der Waals surface area (Å²) in [7, 11) is 0. The first-order chi connectivity index (χ1) is 10.1. The van der Waals surface area contributed by atoms with E-state index in [1.54, 1.807) is 11.8 Å². The molecule has 0 radical (unpaired) electrons. The highest BCUT2D eigenvalue weighted by atomic mass is 79.9. The monoisotopic (exact) mass is 361 g/mol. The van der Waals surface area contributed by atoms with Crippen molar-refractivity contribution in [3.8, 4) is 0 Å². The van der Waals surface area contributed by atoms with Crippen molar-refractivity contribution in [1.82, 2.24) is 0 Å². The predicted molar refractivity (Wildman–Crippen MR) is 99.0 cm³/mol. The van der Waals surface area contributed by atoms with Crippen molar-refractivity contribution in [2.45, 2.75) is 27.2 Å². The Hall–Kier alpha value is -1.06. The highest BCUT2D eigenvalue weighted by Gasteiger charge is 2.09. The van der Waals surface area contributed by atoms with Crippen molar-refractivity contribution in [1.29, 1.82) is 0 Å². The van der Waals surface area contributed by atoms with E-state index in [2.05, 4.69) is 73.1 Å². The Balaban J connectivity index is 2.42. The number of hydrogen-bond acceptors (Lipinski definition) is 2. The number of rotatable bonds is 3. The number of halogens is 1. The normalized spacial score (nSPS) is 16.0. The van der Waals surface area contributed by atoms with Crippen LogP contribution in [0.5, 0.6) is 0 Å². The molecule has 0 fully saturated rings. The van der Waals surface area contributed by atoms with Crippen molar-refractivity contribution in [2.24, 2.45) is 4.99 Å². The average molecular weight is 362 g/mol. The van der Waals surface area contributed by atoms with Crippen LogP contribution >= 0.6 is 27.7 Å². The Labute approximate surface area is 140 Å². The number of aliphatic imine (C=N–C) groups is 1. The molecule has 21 heavy (non-hydrogen) atoms. The van der Waals surface area contributed by atoms with E-state index in [9.17, 15) is 0 Å². The maximum absolute atomic E-state index is 4.97. The van der Waals surface area contributed by atoms with Crippen molar-refractivity contribution in [3.05, 3.63) is 69.4 Å². The summed E-state index contributed by atoms with van der Waals surface area (Å²) in [6, 6.07) is 8.36. The third-order valence-corrected chi connectivity index (χ3v) is 4.60. The smallest absolute Gasteiger partial charge is 0.104 e. The average Bonchev–Trinajstić information content (AvgIpc) is 2.60. The molecule has 1 nitrogen and oxygen atoms in total. The number of allylic oxidation sites excluding steroid dienone is 5. The number of nitrogens with zero attached hydrogens (tertiary/aromatic N) is 1. The molecule has 1 aromatic rings. The van der Waals surface area contributed by atoms with Gasteiger partial charge in [0, 0.05) is 22.2 Å².